The van der Waals surface area contributed by atoms with Crippen LogP contribution in [0, 0.1) is 13.8 Å². The molecule has 1 amide bonds. The van der Waals surface area contributed by atoms with Crippen LogP contribution in [-0.4, -0.2) is 22.7 Å². The Morgan fingerprint density at radius 3 is 2.52 bits per heavy atom. The Labute approximate surface area is 158 Å². The predicted molar refractivity (Wildman–Crippen MR) is 103 cm³/mol. The number of rotatable bonds is 5. The second-order valence-corrected chi connectivity index (χ2v) is 7.26. The van der Waals surface area contributed by atoms with Crippen LogP contribution in [0.3, 0.4) is 0 Å². The van der Waals surface area contributed by atoms with Crippen molar-refractivity contribution >= 4 is 38.3 Å². The summed E-state index contributed by atoms with van der Waals surface area (Å²) in [6.07, 6.45) is 0. The van der Waals surface area contributed by atoms with Crippen molar-refractivity contribution in [2.45, 2.75) is 13.8 Å². The Morgan fingerprint density at radius 1 is 1.16 bits per heavy atom. The average Bonchev–Trinajstić information content (AvgIpc) is 3.07. The number of nitrogens with one attached hydrogen (secondary N) is 1. The van der Waals surface area contributed by atoms with Crippen molar-refractivity contribution in [3.05, 3.63) is 58.1 Å². The molecule has 0 spiro atoms. The molecular formula is C18H16BrN3O2S. The van der Waals surface area contributed by atoms with E-state index in [9.17, 15) is 4.79 Å². The minimum absolute atomic E-state index is 0.0826. The highest BCUT2D eigenvalue weighted by Gasteiger charge is 2.11. The van der Waals surface area contributed by atoms with Crippen molar-refractivity contribution < 1.29 is 9.53 Å². The fourth-order valence-electron chi connectivity index (χ4n) is 2.26. The molecule has 3 aromatic rings. The molecule has 0 atom stereocenters. The molecule has 0 unspecified atom stereocenters. The monoisotopic (exact) mass is 417 g/mol. The molecule has 25 heavy (non-hydrogen) atoms. The normalized spacial score (nSPS) is 10.5. The quantitative estimate of drug-likeness (QED) is 0.658. The smallest absolute Gasteiger partial charge is 0.264 e. The molecule has 0 aliphatic heterocycles. The van der Waals surface area contributed by atoms with Gasteiger partial charge in [-0.2, -0.15) is 0 Å². The zero-order valence-corrected chi connectivity index (χ0v) is 16.1. The SMILES string of the molecule is Cc1cc(OCC(=O)Nc2nnc(-c3ccccc3)s2)cc(C)c1Br. The van der Waals surface area contributed by atoms with Crippen LogP contribution in [0.25, 0.3) is 10.6 Å². The lowest BCUT2D eigenvalue weighted by atomic mass is 10.1. The molecule has 0 aliphatic carbocycles. The van der Waals surface area contributed by atoms with Gasteiger partial charge in [-0.05, 0) is 37.1 Å². The number of anilines is 1. The zero-order chi connectivity index (χ0) is 17.8. The molecule has 0 saturated heterocycles. The maximum Gasteiger partial charge on any atom is 0.264 e. The average molecular weight is 418 g/mol. The lowest BCUT2D eigenvalue weighted by Gasteiger charge is -2.09. The van der Waals surface area contributed by atoms with Gasteiger partial charge >= 0.3 is 0 Å². The Hall–Kier alpha value is -2.25. The number of hydrogen-bond acceptors (Lipinski definition) is 5. The molecule has 2 aromatic carbocycles. The summed E-state index contributed by atoms with van der Waals surface area (Å²) >= 11 is 4.84. The summed E-state index contributed by atoms with van der Waals surface area (Å²) in [5.41, 5.74) is 3.09. The van der Waals surface area contributed by atoms with Gasteiger partial charge in [-0.1, -0.05) is 57.6 Å². The van der Waals surface area contributed by atoms with E-state index in [4.69, 9.17) is 4.74 Å². The van der Waals surface area contributed by atoms with Gasteiger partial charge < -0.3 is 4.74 Å². The van der Waals surface area contributed by atoms with Crippen LogP contribution in [-0.2, 0) is 4.79 Å². The summed E-state index contributed by atoms with van der Waals surface area (Å²) in [6, 6.07) is 13.5. The first kappa shape index (κ1) is 17.6. The first-order valence-electron chi connectivity index (χ1n) is 7.61. The number of aryl methyl sites for hydroxylation is 2. The van der Waals surface area contributed by atoms with Gasteiger partial charge in [0.05, 0.1) is 0 Å². The largest absolute Gasteiger partial charge is 0.484 e. The molecule has 1 aromatic heterocycles. The van der Waals surface area contributed by atoms with Crippen LogP contribution in [0.2, 0.25) is 0 Å². The molecule has 0 bridgehead atoms. The number of ether oxygens (including phenoxy) is 1. The second kappa shape index (κ2) is 7.76. The first-order valence-corrected chi connectivity index (χ1v) is 9.22. The van der Waals surface area contributed by atoms with Crippen molar-refractivity contribution in [3.63, 3.8) is 0 Å². The Balaban J connectivity index is 1.59. The van der Waals surface area contributed by atoms with E-state index in [1.165, 1.54) is 11.3 Å². The Kier molecular flexibility index (Phi) is 5.45. The number of halogens is 1. The number of aromatic nitrogens is 2. The minimum atomic E-state index is -0.269. The van der Waals surface area contributed by atoms with E-state index in [0.29, 0.717) is 10.9 Å². The Bertz CT molecular complexity index is 873. The first-order chi connectivity index (χ1) is 12.0. The number of carbonyl (C=O) groups excluding carboxylic acids is 1. The van der Waals surface area contributed by atoms with Crippen LogP contribution >= 0.6 is 27.3 Å². The van der Waals surface area contributed by atoms with Gasteiger partial charge in [0, 0.05) is 10.0 Å². The van der Waals surface area contributed by atoms with E-state index in [-0.39, 0.29) is 12.5 Å². The van der Waals surface area contributed by atoms with Gasteiger partial charge in [0.15, 0.2) is 6.61 Å². The van der Waals surface area contributed by atoms with Crippen molar-refractivity contribution in [2.75, 3.05) is 11.9 Å². The standard InChI is InChI=1S/C18H16BrN3O2S/c1-11-8-14(9-12(2)16(11)19)24-10-15(23)20-18-22-21-17(25-18)13-6-4-3-5-7-13/h3-9H,10H2,1-2H3,(H,20,22,23). The van der Waals surface area contributed by atoms with E-state index >= 15 is 0 Å². The Morgan fingerprint density at radius 2 is 1.84 bits per heavy atom. The molecule has 5 nitrogen and oxygen atoms in total. The van der Waals surface area contributed by atoms with Crippen LogP contribution < -0.4 is 10.1 Å². The highest BCUT2D eigenvalue weighted by atomic mass is 79.9. The molecule has 7 heteroatoms. The third-order valence-corrected chi connectivity index (χ3v) is 5.61. The summed E-state index contributed by atoms with van der Waals surface area (Å²) < 4.78 is 6.62. The van der Waals surface area contributed by atoms with Crippen LogP contribution in [0.15, 0.2) is 46.9 Å². The van der Waals surface area contributed by atoms with Gasteiger partial charge in [0.2, 0.25) is 5.13 Å². The predicted octanol–water partition coefficient (Wildman–Crippen LogP) is 4.60. The molecule has 3 rings (SSSR count). The molecule has 1 N–H and O–H groups in total. The molecule has 128 valence electrons. The zero-order valence-electron chi connectivity index (χ0n) is 13.7. The third-order valence-electron chi connectivity index (χ3n) is 3.47. The number of benzene rings is 2. The van der Waals surface area contributed by atoms with Gasteiger partial charge in [-0.15, -0.1) is 10.2 Å². The fraction of sp³-hybridized carbons (Fsp3) is 0.167. The highest BCUT2D eigenvalue weighted by Crippen LogP contribution is 2.27. The number of hydrogen-bond donors (Lipinski definition) is 1. The van der Waals surface area contributed by atoms with Gasteiger partial charge in [-0.3, -0.25) is 10.1 Å². The van der Waals surface area contributed by atoms with Gasteiger partial charge in [-0.25, -0.2) is 0 Å². The minimum Gasteiger partial charge on any atom is -0.484 e. The van der Waals surface area contributed by atoms with E-state index in [1.54, 1.807) is 0 Å². The van der Waals surface area contributed by atoms with Crippen molar-refractivity contribution in [2.24, 2.45) is 0 Å². The summed E-state index contributed by atoms with van der Waals surface area (Å²) in [7, 11) is 0. The van der Waals surface area contributed by atoms with E-state index in [0.717, 1.165) is 26.2 Å². The molecule has 0 radical (unpaired) electrons. The topological polar surface area (TPSA) is 64.1 Å². The molecule has 0 saturated carbocycles. The van der Waals surface area contributed by atoms with E-state index in [1.807, 2.05) is 56.3 Å². The molecule has 0 fully saturated rings. The van der Waals surface area contributed by atoms with Crippen molar-refractivity contribution in [1.82, 2.24) is 10.2 Å². The van der Waals surface area contributed by atoms with Gasteiger partial charge in [0.1, 0.15) is 10.8 Å². The molecule has 1 heterocycles. The number of carbonyl (C=O) groups is 1. The van der Waals surface area contributed by atoms with Gasteiger partial charge in [0.25, 0.3) is 5.91 Å². The van der Waals surface area contributed by atoms with E-state index in [2.05, 4.69) is 31.4 Å². The lowest BCUT2D eigenvalue weighted by Crippen LogP contribution is -2.20. The van der Waals surface area contributed by atoms with E-state index < -0.39 is 0 Å². The summed E-state index contributed by atoms with van der Waals surface area (Å²) in [5.74, 6) is 0.393. The highest BCUT2D eigenvalue weighted by molar-refractivity contribution is 9.10. The summed E-state index contributed by atoms with van der Waals surface area (Å²) in [5, 5.41) is 12.0. The summed E-state index contributed by atoms with van der Waals surface area (Å²) in [4.78, 5) is 12.1. The number of amides is 1. The van der Waals surface area contributed by atoms with Crippen LogP contribution in [0.5, 0.6) is 5.75 Å². The van der Waals surface area contributed by atoms with Crippen LogP contribution in [0.1, 0.15) is 11.1 Å². The third kappa shape index (κ3) is 4.43. The second-order valence-electron chi connectivity index (χ2n) is 5.49. The van der Waals surface area contributed by atoms with Crippen molar-refractivity contribution in [3.8, 4) is 16.3 Å². The lowest BCUT2D eigenvalue weighted by molar-refractivity contribution is -0.118. The number of nitrogens with zero attached hydrogens (tertiary/aromatic N) is 2. The maximum absolute atomic E-state index is 12.1. The molecule has 0 aliphatic rings. The summed E-state index contributed by atoms with van der Waals surface area (Å²) in [6.45, 7) is 3.88. The fourth-order valence-corrected chi connectivity index (χ4v) is 3.26. The van der Waals surface area contributed by atoms with Crippen molar-refractivity contribution in [1.29, 1.82) is 0 Å². The molecular weight excluding hydrogens is 402 g/mol. The maximum atomic E-state index is 12.1. The van der Waals surface area contributed by atoms with Crippen LogP contribution in [0.4, 0.5) is 5.13 Å².